The largest absolute Gasteiger partial charge is 0.443 e. The quantitative estimate of drug-likeness (QED) is 0.467. The first-order chi connectivity index (χ1) is 16.0. The number of hydrazine groups is 1. The van der Waals surface area contributed by atoms with E-state index < -0.39 is 23.9 Å². The lowest BCUT2D eigenvalue weighted by atomic mass is 10.1. The lowest BCUT2D eigenvalue weighted by Crippen LogP contribution is -2.55. The third-order valence-corrected chi connectivity index (χ3v) is 4.83. The normalized spacial score (nSPS) is 12.5. The van der Waals surface area contributed by atoms with Crippen molar-refractivity contribution in [1.29, 1.82) is 0 Å². The second-order valence-corrected chi connectivity index (χ2v) is 9.78. The van der Waals surface area contributed by atoms with Gasteiger partial charge in [0.25, 0.3) is 0 Å². The third kappa shape index (κ3) is 9.93. The van der Waals surface area contributed by atoms with Crippen LogP contribution in [0.3, 0.4) is 0 Å². The second kappa shape index (κ2) is 13.1. The van der Waals surface area contributed by atoms with Gasteiger partial charge in [0.1, 0.15) is 12.2 Å². The van der Waals surface area contributed by atoms with Gasteiger partial charge in [0, 0.05) is 13.1 Å². The number of amides is 2. The zero-order valence-corrected chi connectivity index (χ0v) is 20.9. The van der Waals surface area contributed by atoms with Crippen molar-refractivity contribution >= 4 is 12.2 Å². The molecule has 1 atom stereocenters. The first-order valence-corrected chi connectivity index (χ1v) is 11.8. The number of carbonyl (C=O) groups excluding carboxylic acids is 2. The van der Waals surface area contributed by atoms with Crippen molar-refractivity contribution in [3.63, 3.8) is 0 Å². The van der Waals surface area contributed by atoms with E-state index in [4.69, 9.17) is 9.47 Å². The molecule has 34 heavy (non-hydrogen) atoms. The van der Waals surface area contributed by atoms with Crippen LogP contribution in [0.15, 0.2) is 60.7 Å². The first kappa shape index (κ1) is 27.3. The minimum atomic E-state index is -0.839. The molecule has 1 N–H and O–H groups in total. The molecule has 0 unspecified atom stereocenters. The molecule has 2 aromatic carbocycles. The topological polar surface area (TPSA) is 79.3 Å². The van der Waals surface area contributed by atoms with E-state index in [0.29, 0.717) is 19.4 Å². The molecule has 0 aromatic heterocycles. The van der Waals surface area contributed by atoms with Crippen LogP contribution in [0.5, 0.6) is 0 Å². The van der Waals surface area contributed by atoms with Crippen molar-refractivity contribution in [1.82, 2.24) is 10.0 Å². The summed E-state index contributed by atoms with van der Waals surface area (Å²) in [6, 6.07) is 19.1. The summed E-state index contributed by atoms with van der Waals surface area (Å²) in [5.41, 5.74) is 1.12. The van der Waals surface area contributed by atoms with Crippen molar-refractivity contribution in [2.75, 3.05) is 13.1 Å². The molecule has 0 saturated heterocycles. The molecule has 0 heterocycles. The van der Waals surface area contributed by atoms with Gasteiger partial charge in [-0.1, -0.05) is 74.5 Å². The Morgan fingerprint density at radius 1 is 0.882 bits per heavy atom. The summed E-state index contributed by atoms with van der Waals surface area (Å²) in [5.74, 6) is 0.119. The molecule has 0 spiro atoms. The van der Waals surface area contributed by atoms with Gasteiger partial charge in [-0.2, -0.15) is 0 Å². The molecule has 7 nitrogen and oxygen atoms in total. The van der Waals surface area contributed by atoms with Crippen LogP contribution in [0.1, 0.15) is 52.2 Å². The van der Waals surface area contributed by atoms with Crippen LogP contribution in [-0.4, -0.2) is 52.1 Å². The lowest BCUT2D eigenvalue weighted by Gasteiger charge is -2.35. The maximum absolute atomic E-state index is 13.1. The Morgan fingerprint density at radius 2 is 1.44 bits per heavy atom. The van der Waals surface area contributed by atoms with Crippen LogP contribution in [0.4, 0.5) is 9.59 Å². The van der Waals surface area contributed by atoms with Gasteiger partial charge >= 0.3 is 12.2 Å². The van der Waals surface area contributed by atoms with Gasteiger partial charge in [-0.05, 0) is 50.7 Å². The van der Waals surface area contributed by atoms with E-state index in [1.54, 1.807) is 20.8 Å². The van der Waals surface area contributed by atoms with Crippen molar-refractivity contribution in [3.05, 3.63) is 71.8 Å². The number of hydrogen-bond donors (Lipinski definition) is 1. The zero-order chi connectivity index (χ0) is 25.1. The van der Waals surface area contributed by atoms with E-state index in [1.165, 1.54) is 5.01 Å². The number of imide groups is 1. The number of ether oxygens (including phenoxy) is 2. The number of nitrogens with zero attached hydrogens (tertiary/aromatic N) is 2. The molecular formula is C27H38N2O5. The summed E-state index contributed by atoms with van der Waals surface area (Å²) >= 11 is 0. The average molecular weight is 471 g/mol. The van der Waals surface area contributed by atoms with Crippen LogP contribution in [0.25, 0.3) is 0 Å². The summed E-state index contributed by atoms with van der Waals surface area (Å²) in [4.78, 5) is 26.2. The molecule has 2 aromatic rings. The molecule has 7 heteroatoms. The number of carbonyl (C=O) groups is 2. The van der Waals surface area contributed by atoms with Crippen LogP contribution in [0.2, 0.25) is 0 Å². The summed E-state index contributed by atoms with van der Waals surface area (Å²) in [6.07, 6.45) is -1.26. The van der Waals surface area contributed by atoms with E-state index >= 15 is 0 Å². The number of rotatable bonds is 10. The Hall–Kier alpha value is -2.90. The standard InChI is InChI=1S/C27H38N2O5/c1-21(2)18-28(19-24(30)17-16-22-12-8-6-9-13-22)29(26(32)34-27(3,4)5)25(31)33-20-23-14-10-7-11-15-23/h6-15,21,24,30H,16-20H2,1-5H3/t24-/m1/s1. The van der Waals surface area contributed by atoms with Gasteiger partial charge in [0.05, 0.1) is 6.10 Å². The Kier molecular flexibility index (Phi) is 10.5. The molecule has 0 fully saturated rings. The zero-order valence-electron chi connectivity index (χ0n) is 20.9. The van der Waals surface area contributed by atoms with E-state index in [0.717, 1.165) is 16.1 Å². The average Bonchev–Trinajstić information content (AvgIpc) is 2.76. The minimum Gasteiger partial charge on any atom is -0.443 e. The molecule has 0 radical (unpaired) electrons. The van der Waals surface area contributed by atoms with E-state index in [2.05, 4.69) is 0 Å². The lowest BCUT2D eigenvalue weighted by molar-refractivity contribution is -0.0649. The number of aliphatic hydroxyl groups is 1. The van der Waals surface area contributed by atoms with Gasteiger partial charge < -0.3 is 14.6 Å². The summed E-state index contributed by atoms with van der Waals surface area (Å²) in [6.45, 7) is 9.63. The molecule has 0 aliphatic carbocycles. The SMILES string of the molecule is CC(C)CN(C[C@H](O)CCc1ccccc1)N(C(=O)OCc1ccccc1)C(=O)OC(C)(C)C. The molecule has 0 saturated carbocycles. The molecule has 2 amide bonds. The van der Waals surface area contributed by atoms with Crippen molar-refractivity contribution in [3.8, 4) is 0 Å². The number of aliphatic hydroxyl groups excluding tert-OH is 1. The fourth-order valence-corrected chi connectivity index (χ4v) is 3.36. The number of aryl methyl sites for hydroxylation is 1. The fourth-order valence-electron chi connectivity index (χ4n) is 3.36. The van der Waals surface area contributed by atoms with Gasteiger partial charge in [-0.15, -0.1) is 5.01 Å². The van der Waals surface area contributed by atoms with Crippen LogP contribution in [0, 0.1) is 5.92 Å². The highest BCUT2D eigenvalue weighted by atomic mass is 16.6. The highest BCUT2D eigenvalue weighted by Crippen LogP contribution is 2.17. The molecule has 186 valence electrons. The highest BCUT2D eigenvalue weighted by molar-refractivity contribution is 5.87. The van der Waals surface area contributed by atoms with Crippen LogP contribution in [-0.2, 0) is 22.5 Å². The van der Waals surface area contributed by atoms with Gasteiger partial charge in [-0.3, -0.25) is 0 Å². The Labute approximate surface area is 203 Å². The minimum absolute atomic E-state index is 0.0189. The highest BCUT2D eigenvalue weighted by Gasteiger charge is 2.35. The Bertz CT molecular complexity index is 881. The van der Waals surface area contributed by atoms with E-state index in [1.807, 2.05) is 74.5 Å². The maximum Gasteiger partial charge on any atom is 0.435 e. The van der Waals surface area contributed by atoms with Crippen molar-refractivity contribution < 1.29 is 24.2 Å². The smallest absolute Gasteiger partial charge is 0.435 e. The van der Waals surface area contributed by atoms with Crippen LogP contribution < -0.4 is 0 Å². The predicted molar refractivity (Wildman–Crippen MR) is 132 cm³/mol. The first-order valence-electron chi connectivity index (χ1n) is 11.8. The summed E-state index contributed by atoms with van der Waals surface area (Å²) in [7, 11) is 0. The second-order valence-electron chi connectivity index (χ2n) is 9.78. The maximum atomic E-state index is 13.1. The number of benzene rings is 2. The Balaban J connectivity index is 2.17. The molecule has 0 aliphatic rings. The molecular weight excluding hydrogens is 432 g/mol. The Morgan fingerprint density at radius 3 is 1.97 bits per heavy atom. The monoisotopic (exact) mass is 470 g/mol. The van der Waals surface area contributed by atoms with Gasteiger partial charge in [0.15, 0.2) is 0 Å². The summed E-state index contributed by atoms with van der Waals surface area (Å²) in [5, 5.41) is 13.2. The summed E-state index contributed by atoms with van der Waals surface area (Å²) < 4.78 is 11.0. The molecule has 2 rings (SSSR count). The third-order valence-electron chi connectivity index (χ3n) is 4.83. The van der Waals surface area contributed by atoms with E-state index in [9.17, 15) is 14.7 Å². The molecule has 0 aliphatic heterocycles. The van der Waals surface area contributed by atoms with Crippen LogP contribution >= 0.6 is 0 Å². The molecule has 0 bridgehead atoms. The van der Waals surface area contributed by atoms with Crippen molar-refractivity contribution in [2.45, 2.75) is 65.8 Å². The van der Waals surface area contributed by atoms with Gasteiger partial charge in [0.2, 0.25) is 0 Å². The van der Waals surface area contributed by atoms with Crippen molar-refractivity contribution in [2.24, 2.45) is 5.92 Å². The fraction of sp³-hybridized carbons (Fsp3) is 0.481. The van der Waals surface area contributed by atoms with E-state index in [-0.39, 0.29) is 19.1 Å². The predicted octanol–water partition coefficient (Wildman–Crippen LogP) is 5.43. The number of hydrogen-bond acceptors (Lipinski definition) is 6. The van der Waals surface area contributed by atoms with Gasteiger partial charge in [-0.25, -0.2) is 14.6 Å².